The van der Waals surface area contributed by atoms with E-state index in [0.29, 0.717) is 11.8 Å². The second-order valence-corrected chi connectivity index (χ2v) is 5.73. The van der Waals surface area contributed by atoms with Crippen LogP contribution in [0.25, 0.3) is 0 Å². The Kier molecular flexibility index (Phi) is 5.03. The van der Waals surface area contributed by atoms with E-state index in [4.69, 9.17) is 0 Å². The predicted octanol–water partition coefficient (Wildman–Crippen LogP) is 2.98. The lowest BCUT2D eigenvalue weighted by molar-refractivity contribution is 0.467. The molecule has 0 radical (unpaired) electrons. The summed E-state index contributed by atoms with van der Waals surface area (Å²) in [5.74, 6) is 1.07. The molecule has 0 amide bonds. The molecule has 3 nitrogen and oxygen atoms in total. The van der Waals surface area contributed by atoms with Crippen molar-refractivity contribution in [2.24, 2.45) is 11.8 Å². The fourth-order valence-electron chi connectivity index (χ4n) is 2.15. The zero-order valence-corrected chi connectivity index (χ0v) is 11.8. The Hall–Kier alpha value is -0.990. The summed E-state index contributed by atoms with van der Waals surface area (Å²) >= 11 is 0. The Morgan fingerprint density at radius 3 is 2.29 bits per heavy atom. The molecule has 17 heavy (non-hydrogen) atoms. The van der Waals surface area contributed by atoms with Crippen molar-refractivity contribution in [2.75, 3.05) is 0 Å². The molecule has 0 bridgehead atoms. The van der Waals surface area contributed by atoms with Crippen LogP contribution in [0.4, 0.5) is 0 Å². The molecular weight excluding hydrogens is 212 g/mol. The number of hydrogen-bond acceptors (Lipinski definition) is 1. The summed E-state index contributed by atoms with van der Waals surface area (Å²) in [5, 5.41) is 3.30. The summed E-state index contributed by atoms with van der Waals surface area (Å²) in [6.07, 6.45) is 2.89. The van der Waals surface area contributed by atoms with Crippen LogP contribution in [-0.2, 0) is 19.4 Å². The summed E-state index contributed by atoms with van der Waals surface area (Å²) in [5.41, 5.74) is 2.34. The first kappa shape index (κ1) is 14.1. The maximum Gasteiger partial charge on any atom is 0.269 e. The molecule has 1 aromatic heterocycles. The van der Waals surface area contributed by atoms with Crippen LogP contribution in [0.3, 0.4) is 0 Å². The number of hydrogen-bond donors (Lipinski definition) is 1. The molecule has 0 saturated carbocycles. The van der Waals surface area contributed by atoms with Crippen molar-refractivity contribution in [3.63, 3.8) is 0 Å². The third kappa shape index (κ3) is 3.76. The topological polar surface area (TPSA) is 37.8 Å². The number of H-pyrrole nitrogens is 1. The molecular formula is C14H26N2O. The van der Waals surface area contributed by atoms with Gasteiger partial charge in [-0.15, -0.1) is 0 Å². The van der Waals surface area contributed by atoms with Gasteiger partial charge in [0.2, 0.25) is 0 Å². The van der Waals surface area contributed by atoms with Crippen LogP contribution >= 0.6 is 0 Å². The van der Waals surface area contributed by atoms with E-state index < -0.39 is 0 Å². The molecule has 0 aliphatic heterocycles. The smallest absolute Gasteiger partial charge is 0.269 e. The SMILES string of the molecule is CCCc1c(CC(C)C)[nH]n(CC(C)C)c1=O. The fourth-order valence-corrected chi connectivity index (χ4v) is 2.15. The summed E-state index contributed by atoms with van der Waals surface area (Å²) in [6.45, 7) is 11.6. The summed E-state index contributed by atoms with van der Waals surface area (Å²) in [7, 11) is 0. The van der Waals surface area contributed by atoms with Gasteiger partial charge < -0.3 is 0 Å². The number of aromatic amines is 1. The van der Waals surface area contributed by atoms with Crippen LogP contribution in [0.15, 0.2) is 4.79 Å². The molecule has 0 aromatic carbocycles. The van der Waals surface area contributed by atoms with E-state index in [1.165, 1.54) is 0 Å². The van der Waals surface area contributed by atoms with Crippen molar-refractivity contribution in [1.29, 1.82) is 0 Å². The molecule has 0 spiro atoms. The lowest BCUT2D eigenvalue weighted by Gasteiger charge is -2.06. The van der Waals surface area contributed by atoms with Gasteiger partial charge in [0.1, 0.15) is 0 Å². The highest BCUT2D eigenvalue weighted by molar-refractivity contribution is 5.18. The summed E-state index contributed by atoms with van der Waals surface area (Å²) in [6, 6.07) is 0. The number of rotatable bonds is 6. The summed E-state index contributed by atoms with van der Waals surface area (Å²) in [4.78, 5) is 12.2. The second-order valence-electron chi connectivity index (χ2n) is 5.73. The maximum absolute atomic E-state index is 12.2. The Bertz CT molecular complexity index is 399. The van der Waals surface area contributed by atoms with Gasteiger partial charge in [-0.25, -0.2) is 0 Å². The molecule has 3 heteroatoms. The highest BCUT2D eigenvalue weighted by Crippen LogP contribution is 2.11. The Balaban J connectivity index is 3.05. The van der Waals surface area contributed by atoms with Crippen molar-refractivity contribution in [3.8, 4) is 0 Å². The van der Waals surface area contributed by atoms with Gasteiger partial charge in [0.05, 0.1) is 0 Å². The van der Waals surface area contributed by atoms with Gasteiger partial charge in [-0.1, -0.05) is 41.0 Å². The van der Waals surface area contributed by atoms with Crippen LogP contribution < -0.4 is 5.56 Å². The first-order chi connectivity index (χ1) is 7.95. The van der Waals surface area contributed by atoms with Gasteiger partial charge in [-0.2, -0.15) is 0 Å². The van der Waals surface area contributed by atoms with Crippen molar-refractivity contribution in [2.45, 2.75) is 60.4 Å². The minimum Gasteiger partial charge on any atom is -0.299 e. The van der Waals surface area contributed by atoms with Crippen LogP contribution in [0.5, 0.6) is 0 Å². The molecule has 0 fully saturated rings. The van der Waals surface area contributed by atoms with E-state index in [-0.39, 0.29) is 5.56 Å². The molecule has 0 unspecified atom stereocenters. The van der Waals surface area contributed by atoms with E-state index >= 15 is 0 Å². The summed E-state index contributed by atoms with van der Waals surface area (Å²) < 4.78 is 1.79. The maximum atomic E-state index is 12.2. The largest absolute Gasteiger partial charge is 0.299 e. The average Bonchev–Trinajstić information content (AvgIpc) is 2.45. The van der Waals surface area contributed by atoms with Crippen molar-refractivity contribution in [1.82, 2.24) is 9.78 Å². The molecule has 1 rings (SSSR count). The molecule has 0 aliphatic carbocycles. The van der Waals surface area contributed by atoms with Gasteiger partial charge >= 0.3 is 0 Å². The molecule has 1 heterocycles. The highest BCUT2D eigenvalue weighted by atomic mass is 16.1. The van der Waals surface area contributed by atoms with Crippen molar-refractivity contribution >= 4 is 0 Å². The first-order valence-electron chi connectivity index (χ1n) is 6.76. The normalized spacial score (nSPS) is 11.7. The molecule has 0 aliphatic rings. The van der Waals surface area contributed by atoms with Crippen LogP contribution in [0.1, 0.15) is 52.3 Å². The van der Waals surface area contributed by atoms with Gasteiger partial charge in [0, 0.05) is 17.8 Å². The van der Waals surface area contributed by atoms with E-state index in [9.17, 15) is 4.79 Å². The van der Waals surface area contributed by atoms with Gasteiger partial charge in [-0.05, 0) is 24.7 Å². The van der Waals surface area contributed by atoms with E-state index in [2.05, 4.69) is 39.7 Å². The quantitative estimate of drug-likeness (QED) is 0.813. The monoisotopic (exact) mass is 238 g/mol. The Morgan fingerprint density at radius 2 is 1.82 bits per heavy atom. The number of nitrogens with one attached hydrogen (secondary N) is 1. The third-order valence-electron chi connectivity index (χ3n) is 2.80. The zero-order chi connectivity index (χ0) is 13.0. The van der Waals surface area contributed by atoms with E-state index in [0.717, 1.165) is 37.1 Å². The van der Waals surface area contributed by atoms with Gasteiger partial charge in [0.15, 0.2) is 0 Å². The minimum absolute atomic E-state index is 0.191. The standard InChI is InChI=1S/C14H26N2O/c1-6-7-12-13(8-10(2)3)15-16(14(12)17)9-11(4)5/h10-11,15H,6-9H2,1-5H3. The molecule has 1 N–H and O–H groups in total. The molecule has 1 aromatic rings. The second kappa shape index (κ2) is 6.08. The average molecular weight is 238 g/mol. The third-order valence-corrected chi connectivity index (χ3v) is 2.80. The molecule has 0 atom stereocenters. The van der Waals surface area contributed by atoms with E-state index in [1.54, 1.807) is 4.68 Å². The van der Waals surface area contributed by atoms with Crippen LogP contribution in [0, 0.1) is 11.8 Å². The zero-order valence-electron chi connectivity index (χ0n) is 11.8. The van der Waals surface area contributed by atoms with Crippen LogP contribution in [-0.4, -0.2) is 9.78 Å². The fraction of sp³-hybridized carbons (Fsp3) is 0.786. The molecule has 98 valence electrons. The number of aromatic nitrogens is 2. The van der Waals surface area contributed by atoms with Gasteiger partial charge in [-0.3, -0.25) is 14.6 Å². The van der Waals surface area contributed by atoms with Crippen LogP contribution in [0.2, 0.25) is 0 Å². The first-order valence-corrected chi connectivity index (χ1v) is 6.76. The predicted molar refractivity (Wildman–Crippen MR) is 72.4 cm³/mol. The van der Waals surface area contributed by atoms with Crippen molar-refractivity contribution < 1.29 is 0 Å². The van der Waals surface area contributed by atoms with Gasteiger partial charge in [0.25, 0.3) is 5.56 Å². The Labute approximate surface area is 104 Å². The highest BCUT2D eigenvalue weighted by Gasteiger charge is 2.14. The lowest BCUT2D eigenvalue weighted by atomic mass is 10.0. The van der Waals surface area contributed by atoms with Crippen molar-refractivity contribution in [3.05, 3.63) is 21.6 Å². The molecule has 0 saturated heterocycles. The van der Waals surface area contributed by atoms with E-state index in [1.807, 2.05) is 0 Å². The minimum atomic E-state index is 0.191. The Morgan fingerprint density at radius 1 is 1.18 bits per heavy atom. The lowest BCUT2D eigenvalue weighted by Crippen LogP contribution is -2.21. The number of nitrogens with zero attached hydrogens (tertiary/aromatic N) is 1.